The number of aliphatic hydroxyl groups is 2. The van der Waals surface area contributed by atoms with E-state index in [9.17, 15) is 29.4 Å². The fraction of sp³-hybridized carbons (Fsp3) is 0.714. The molecule has 2 N–H and O–H groups in total. The summed E-state index contributed by atoms with van der Waals surface area (Å²) in [6.07, 6.45) is 3.17. The van der Waals surface area contributed by atoms with Gasteiger partial charge in [-0.2, -0.15) is 0 Å². The summed E-state index contributed by atoms with van der Waals surface area (Å²) in [5.74, 6) is -3.85. The van der Waals surface area contributed by atoms with Crippen molar-refractivity contribution in [2.45, 2.75) is 96.1 Å². The first-order valence-electron chi connectivity index (χ1n) is 13.2. The molecule has 0 radical (unpaired) electrons. The van der Waals surface area contributed by atoms with Crippen LogP contribution >= 0.6 is 0 Å². The van der Waals surface area contributed by atoms with Gasteiger partial charge in [0.1, 0.15) is 12.7 Å². The lowest BCUT2D eigenvalue weighted by molar-refractivity contribution is -0.233. The second-order valence-electron chi connectivity index (χ2n) is 11.5. The van der Waals surface area contributed by atoms with E-state index in [4.69, 9.17) is 9.47 Å². The molecule has 4 rings (SSSR count). The van der Waals surface area contributed by atoms with E-state index in [2.05, 4.69) is 0 Å². The highest BCUT2D eigenvalue weighted by atomic mass is 19.1. The first-order valence-corrected chi connectivity index (χ1v) is 13.2. The molecule has 3 saturated carbocycles. The zero-order valence-electron chi connectivity index (χ0n) is 21.9. The number of esters is 2. The normalized spacial score (nSPS) is 42.2. The summed E-state index contributed by atoms with van der Waals surface area (Å²) in [7, 11) is 0. The van der Waals surface area contributed by atoms with E-state index in [0.29, 0.717) is 24.8 Å². The number of aliphatic hydroxyl groups excluding tert-OH is 2. The van der Waals surface area contributed by atoms with Gasteiger partial charge in [-0.1, -0.05) is 31.9 Å². The van der Waals surface area contributed by atoms with Crippen LogP contribution in [0.3, 0.4) is 0 Å². The van der Waals surface area contributed by atoms with Crippen LogP contribution in [0, 0.1) is 22.7 Å². The van der Waals surface area contributed by atoms with Crippen molar-refractivity contribution in [1.29, 1.82) is 0 Å². The van der Waals surface area contributed by atoms with Crippen LogP contribution < -0.4 is 0 Å². The van der Waals surface area contributed by atoms with E-state index < -0.39 is 70.5 Å². The third-order valence-corrected chi connectivity index (χ3v) is 9.68. The van der Waals surface area contributed by atoms with E-state index in [1.165, 1.54) is 25.2 Å². The number of Topliss-reactive ketones (excluding diaryl/α,β-unsaturated/α-hetero) is 1. The standard InChI is InChI=1S/C28H37FO8/c1-5-6-7-24(35)37-28(22(34)15-30)23(36-16(2)31)13-20-19-9-8-17-12-18(32)10-11-25(17,3)27(19,29)21(33)14-26(20,28)4/h10-12,19-21,23,30,33H,5-9,13-15H2,1-4H3/t19-,20-,21-,23+,25-,26-,27-,28+/m0/s1. The Hall–Kier alpha value is -2.39. The zero-order valence-corrected chi connectivity index (χ0v) is 21.9. The summed E-state index contributed by atoms with van der Waals surface area (Å²) in [5, 5.41) is 21.5. The van der Waals surface area contributed by atoms with Gasteiger partial charge in [-0.3, -0.25) is 19.2 Å². The van der Waals surface area contributed by atoms with Crippen molar-refractivity contribution < 1.29 is 43.3 Å². The van der Waals surface area contributed by atoms with Crippen molar-refractivity contribution in [2.24, 2.45) is 22.7 Å². The molecule has 0 aliphatic heterocycles. The molecule has 204 valence electrons. The van der Waals surface area contributed by atoms with Crippen LogP contribution in [0.15, 0.2) is 23.8 Å². The van der Waals surface area contributed by atoms with Crippen molar-refractivity contribution in [2.75, 3.05) is 6.61 Å². The van der Waals surface area contributed by atoms with Crippen LogP contribution in [0.1, 0.15) is 72.6 Å². The largest absolute Gasteiger partial charge is 0.458 e. The predicted molar refractivity (Wildman–Crippen MR) is 130 cm³/mol. The zero-order chi connectivity index (χ0) is 27.4. The number of alkyl halides is 1. The smallest absolute Gasteiger partial charge is 0.306 e. The Morgan fingerprint density at radius 1 is 1.22 bits per heavy atom. The number of unbranched alkanes of at least 4 members (excludes halogenated alkanes) is 1. The average molecular weight is 521 g/mol. The number of rotatable bonds is 7. The molecule has 0 spiro atoms. The molecule has 0 aromatic rings. The Kier molecular flexibility index (Phi) is 7.03. The molecule has 0 bridgehead atoms. The molecule has 3 fully saturated rings. The molecule has 9 heteroatoms. The Bertz CT molecular complexity index is 1070. The first-order chi connectivity index (χ1) is 17.3. The van der Waals surface area contributed by atoms with Gasteiger partial charge in [0, 0.05) is 30.1 Å². The first kappa shape index (κ1) is 27.6. The van der Waals surface area contributed by atoms with Crippen LogP contribution in [0.5, 0.6) is 0 Å². The second-order valence-corrected chi connectivity index (χ2v) is 11.5. The van der Waals surface area contributed by atoms with Crippen LogP contribution in [0.25, 0.3) is 0 Å². The van der Waals surface area contributed by atoms with Crippen LogP contribution in [-0.4, -0.2) is 63.8 Å². The van der Waals surface area contributed by atoms with Gasteiger partial charge in [-0.25, -0.2) is 4.39 Å². The molecule has 37 heavy (non-hydrogen) atoms. The molecule has 0 aromatic carbocycles. The summed E-state index contributed by atoms with van der Waals surface area (Å²) >= 11 is 0. The third kappa shape index (κ3) is 3.75. The number of allylic oxidation sites excluding steroid dienone is 4. The van der Waals surface area contributed by atoms with E-state index in [0.717, 1.165) is 0 Å². The van der Waals surface area contributed by atoms with Gasteiger partial charge in [-0.15, -0.1) is 0 Å². The fourth-order valence-corrected chi connectivity index (χ4v) is 7.92. The summed E-state index contributed by atoms with van der Waals surface area (Å²) in [6, 6.07) is 0. The number of carbonyl (C=O) groups is 4. The molecule has 8 nitrogen and oxygen atoms in total. The summed E-state index contributed by atoms with van der Waals surface area (Å²) in [4.78, 5) is 50.7. The van der Waals surface area contributed by atoms with E-state index in [-0.39, 0.29) is 31.5 Å². The quantitative estimate of drug-likeness (QED) is 0.491. The fourth-order valence-electron chi connectivity index (χ4n) is 7.92. The van der Waals surface area contributed by atoms with Gasteiger partial charge >= 0.3 is 11.9 Å². The van der Waals surface area contributed by atoms with Crippen molar-refractivity contribution >= 4 is 23.5 Å². The number of ether oxygens (including phenoxy) is 2. The lowest BCUT2D eigenvalue weighted by Gasteiger charge is -2.62. The molecule has 0 amide bonds. The number of ketones is 2. The van der Waals surface area contributed by atoms with Gasteiger partial charge in [0.2, 0.25) is 11.4 Å². The van der Waals surface area contributed by atoms with Crippen molar-refractivity contribution in [3.05, 3.63) is 23.8 Å². The van der Waals surface area contributed by atoms with Crippen LogP contribution in [-0.2, 0) is 28.7 Å². The number of fused-ring (bicyclic) bond motifs is 5. The molecular weight excluding hydrogens is 483 g/mol. The van der Waals surface area contributed by atoms with Gasteiger partial charge in [-0.05, 0) is 57.1 Å². The third-order valence-electron chi connectivity index (χ3n) is 9.68. The van der Waals surface area contributed by atoms with Gasteiger partial charge in [0.15, 0.2) is 11.5 Å². The molecule has 0 heterocycles. The van der Waals surface area contributed by atoms with Crippen molar-refractivity contribution in [3.63, 3.8) is 0 Å². The number of halogens is 1. The summed E-state index contributed by atoms with van der Waals surface area (Å²) < 4.78 is 28.9. The monoisotopic (exact) mass is 520 g/mol. The lowest BCUT2D eigenvalue weighted by atomic mass is 9.44. The molecule has 4 aliphatic rings. The molecule has 0 saturated heterocycles. The maximum atomic E-state index is 17.4. The molecule has 0 aromatic heterocycles. The number of hydrogen-bond donors (Lipinski definition) is 2. The maximum Gasteiger partial charge on any atom is 0.306 e. The number of hydrogen-bond acceptors (Lipinski definition) is 8. The SMILES string of the molecule is CCCCC(=O)O[C@]1(C(=O)CO)[C@H](OC(C)=O)C[C@H]2[C@@H]3CCC4=CC(=O)C=C[C@]4(C)[C@@]3(F)[C@@H](O)C[C@@]21C. The van der Waals surface area contributed by atoms with E-state index >= 15 is 4.39 Å². The van der Waals surface area contributed by atoms with Gasteiger partial charge in [0.05, 0.1) is 6.10 Å². The summed E-state index contributed by atoms with van der Waals surface area (Å²) in [5.41, 5.74) is -6.20. The molecular formula is C28H37FO8. The Labute approximate surface area is 216 Å². The van der Waals surface area contributed by atoms with Crippen LogP contribution in [0.2, 0.25) is 0 Å². The van der Waals surface area contributed by atoms with Gasteiger partial charge in [0.25, 0.3) is 0 Å². The molecule has 0 unspecified atom stereocenters. The summed E-state index contributed by atoms with van der Waals surface area (Å²) in [6.45, 7) is 5.44. The molecule has 8 atom stereocenters. The maximum absolute atomic E-state index is 17.4. The Morgan fingerprint density at radius 3 is 2.54 bits per heavy atom. The second kappa shape index (κ2) is 9.42. The van der Waals surface area contributed by atoms with E-state index in [1.807, 2.05) is 6.92 Å². The predicted octanol–water partition coefficient (Wildman–Crippen LogP) is 2.93. The highest BCUT2D eigenvalue weighted by Gasteiger charge is 2.78. The van der Waals surface area contributed by atoms with E-state index in [1.54, 1.807) is 13.8 Å². The minimum absolute atomic E-state index is 0.0224. The molecule has 4 aliphatic carbocycles. The average Bonchev–Trinajstić information content (AvgIpc) is 3.06. The highest BCUT2D eigenvalue weighted by Crippen LogP contribution is 2.70. The van der Waals surface area contributed by atoms with Crippen molar-refractivity contribution in [3.8, 4) is 0 Å². The lowest BCUT2D eigenvalue weighted by Crippen LogP contribution is -2.70. The minimum atomic E-state index is -2.18. The van der Waals surface area contributed by atoms with Gasteiger partial charge < -0.3 is 19.7 Å². The minimum Gasteiger partial charge on any atom is -0.458 e. The highest BCUT2D eigenvalue weighted by molar-refractivity contribution is 6.01. The Balaban J connectivity index is 1.86. The Morgan fingerprint density at radius 2 is 1.92 bits per heavy atom. The topological polar surface area (TPSA) is 127 Å². The van der Waals surface area contributed by atoms with Crippen molar-refractivity contribution in [1.82, 2.24) is 0 Å². The number of carbonyl (C=O) groups excluding carboxylic acids is 4. The van der Waals surface area contributed by atoms with Crippen LogP contribution in [0.4, 0.5) is 4.39 Å².